The lowest BCUT2D eigenvalue weighted by Crippen LogP contribution is -2.25. The van der Waals surface area contributed by atoms with E-state index in [1.165, 1.54) is 18.2 Å². The van der Waals surface area contributed by atoms with Gasteiger partial charge in [0.1, 0.15) is 13.7 Å². The molecule has 4 rings (SSSR count). The van der Waals surface area contributed by atoms with Gasteiger partial charge in [-0.25, -0.2) is 8.78 Å². The molecular weight excluding hydrogens is 416 g/mol. The number of hydrogen-bond acceptors (Lipinski definition) is 3. The van der Waals surface area contributed by atoms with Crippen LogP contribution >= 0.6 is 0 Å². The van der Waals surface area contributed by atoms with Crippen LogP contribution in [0.25, 0.3) is 22.3 Å². The van der Waals surface area contributed by atoms with Crippen LogP contribution in [0.15, 0.2) is 67.3 Å². The maximum Gasteiger partial charge on any atom is 0.201 e. The molecule has 0 spiro atoms. The molecule has 0 aliphatic carbocycles. The van der Waals surface area contributed by atoms with Gasteiger partial charge in [0.05, 0.1) is 13.2 Å². The van der Waals surface area contributed by atoms with Gasteiger partial charge >= 0.3 is 0 Å². The predicted molar refractivity (Wildman–Crippen MR) is 117 cm³/mol. The van der Waals surface area contributed by atoms with Crippen LogP contribution in [-0.4, -0.2) is 27.6 Å². The van der Waals surface area contributed by atoms with Gasteiger partial charge in [-0.05, 0) is 29.3 Å². The van der Waals surface area contributed by atoms with Gasteiger partial charge in [0.15, 0.2) is 17.9 Å². The molecule has 0 atom stereocenters. The molecule has 1 aliphatic heterocycles. The Kier molecular flexibility index (Phi) is 6.67. The van der Waals surface area contributed by atoms with E-state index in [4.69, 9.17) is 22.1 Å². The fraction of sp³-hybridized carbons (Fsp3) is 0.200. The highest BCUT2D eigenvalue weighted by Crippen LogP contribution is 2.33. The molecule has 3 nitrogen and oxygen atoms in total. The summed E-state index contributed by atoms with van der Waals surface area (Å²) in [5, 5.41) is 0. The third-order valence-corrected chi connectivity index (χ3v) is 5.31. The molecule has 3 aromatic carbocycles. The zero-order valence-corrected chi connectivity index (χ0v) is 17.2. The smallest absolute Gasteiger partial charge is 0.201 e. The van der Waals surface area contributed by atoms with Crippen molar-refractivity contribution in [3.63, 3.8) is 0 Å². The number of benzene rings is 3. The summed E-state index contributed by atoms with van der Waals surface area (Å²) >= 11 is 0. The van der Waals surface area contributed by atoms with Crippen LogP contribution in [0.2, 0.25) is 0 Å². The highest BCUT2D eigenvalue weighted by molar-refractivity contribution is 6.08. The Bertz CT molecular complexity index is 1110. The normalized spacial score (nSPS) is 18.3. The topological polar surface area (TPSA) is 27.7 Å². The van der Waals surface area contributed by atoms with E-state index in [-0.39, 0.29) is 23.7 Å². The summed E-state index contributed by atoms with van der Waals surface area (Å²) in [6.07, 6.45) is 1.15. The summed E-state index contributed by atoms with van der Waals surface area (Å²) in [7, 11) is 5.22. The maximum atomic E-state index is 14.8. The lowest BCUT2D eigenvalue weighted by atomic mass is 9.98. The van der Waals surface area contributed by atoms with Gasteiger partial charge in [0.25, 0.3) is 0 Å². The molecule has 1 saturated heterocycles. The summed E-state index contributed by atoms with van der Waals surface area (Å²) in [6, 6.07) is 14.0. The van der Waals surface area contributed by atoms with Gasteiger partial charge in [-0.3, -0.25) is 0 Å². The second-order valence-corrected chi connectivity index (χ2v) is 7.36. The second kappa shape index (κ2) is 9.63. The Morgan fingerprint density at radius 2 is 1.53 bits per heavy atom. The fourth-order valence-corrected chi connectivity index (χ4v) is 3.54. The molecule has 0 saturated carbocycles. The van der Waals surface area contributed by atoms with E-state index in [0.29, 0.717) is 35.5 Å². The molecule has 3 aromatic rings. The van der Waals surface area contributed by atoms with E-state index in [9.17, 15) is 13.2 Å². The Balaban J connectivity index is 1.55. The Morgan fingerprint density at radius 3 is 2.12 bits per heavy atom. The van der Waals surface area contributed by atoms with Crippen molar-refractivity contribution in [2.75, 3.05) is 19.7 Å². The molecule has 0 amide bonds. The summed E-state index contributed by atoms with van der Waals surface area (Å²) in [5.74, 6) is -2.71. The largest absolute Gasteiger partial charge is 0.500 e. The Morgan fingerprint density at radius 1 is 0.906 bits per heavy atom. The molecule has 0 N–H and O–H groups in total. The van der Waals surface area contributed by atoms with Crippen molar-refractivity contribution < 1.29 is 27.4 Å². The average Bonchev–Trinajstić information content (AvgIpc) is 2.82. The standard InChI is InChI=1S/C25H20BF3O3/c1-2-15-12-30-25(31-13-15)18-7-8-19(21(27)11-18)16-3-5-17(6-4-16)20-9-10-22(32-14-26)24(29)23(20)28/h2-11,15,25H,1,12-14H2. The molecule has 0 aromatic heterocycles. The van der Waals surface area contributed by atoms with Crippen LogP contribution < -0.4 is 4.74 Å². The van der Waals surface area contributed by atoms with Gasteiger partial charge in [-0.2, -0.15) is 4.39 Å². The molecule has 7 heteroatoms. The van der Waals surface area contributed by atoms with E-state index in [1.54, 1.807) is 42.5 Å². The zero-order chi connectivity index (χ0) is 22.7. The fourth-order valence-electron chi connectivity index (χ4n) is 3.54. The first kappa shape index (κ1) is 22.2. The summed E-state index contributed by atoms with van der Waals surface area (Å²) < 4.78 is 59.5. The van der Waals surface area contributed by atoms with E-state index < -0.39 is 23.7 Å². The quantitative estimate of drug-likeness (QED) is 0.362. The van der Waals surface area contributed by atoms with Gasteiger partial charge in [-0.1, -0.05) is 42.5 Å². The van der Waals surface area contributed by atoms with E-state index in [0.717, 1.165) is 0 Å². The molecular formula is C25H20BF3O3. The van der Waals surface area contributed by atoms with Gasteiger partial charge in [0, 0.05) is 29.1 Å². The first-order valence-corrected chi connectivity index (χ1v) is 10.1. The summed E-state index contributed by atoms with van der Waals surface area (Å²) in [5.41, 5.74) is 2.07. The maximum absolute atomic E-state index is 14.8. The molecule has 32 heavy (non-hydrogen) atoms. The zero-order valence-electron chi connectivity index (χ0n) is 17.2. The molecule has 1 fully saturated rings. The molecule has 1 heterocycles. The highest BCUT2D eigenvalue weighted by atomic mass is 19.2. The third kappa shape index (κ3) is 4.45. The van der Waals surface area contributed by atoms with Crippen LogP contribution in [0.5, 0.6) is 5.75 Å². The predicted octanol–water partition coefficient (Wildman–Crippen LogP) is 5.79. The van der Waals surface area contributed by atoms with Crippen molar-refractivity contribution in [2.24, 2.45) is 5.92 Å². The van der Waals surface area contributed by atoms with Gasteiger partial charge < -0.3 is 14.2 Å². The van der Waals surface area contributed by atoms with Crippen LogP contribution in [0.3, 0.4) is 0 Å². The highest BCUT2D eigenvalue weighted by Gasteiger charge is 2.23. The monoisotopic (exact) mass is 436 g/mol. The molecule has 0 bridgehead atoms. The second-order valence-electron chi connectivity index (χ2n) is 7.36. The minimum absolute atomic E-state index is 0.0682. The SMILES string of the molecule is [B]COc1ccc(-c2ccc(-c3ccc(C4OCC(C=C)CO4)cc3F)cc2)c(F)c1F. The van der Waals surface area contributed by atoms with Crippen molar-refractivity contribution in [1.29, 1.82) is 0 Å². The van der Waals surface area contributed by atoms with Crippen molar-refractivity contribution >= 4 is 7.85 Å². The van der Waals surface area contributed by atoms with E-state index >= 15 is 0 Å². The van der Waals surface area contributed by atoms with Crippen LogP contribution in [0.4, 0.5) is 13.2 Å². The molecule has 2 radical (unpaired) electrons. The Hall–Kier alpha value is -3.03. The number of hydrogen-bond donors (Lipinski definition) is 0. The summed E-state index contributed by atoms with van der Waals surface area (Å²) in [6.45, 7) is 4.39. The first-order chi connectivity index (χ1) is 15.5. The Labute approximate surface area is 185 Å². The van der Waals surface area contributed by atoms with Gasteiger partial charge in [-0.15, -0.1) is 6.58 Å². The van der Waals surface area contributed by atoms with E-state index in [1.807, 2.05) is 0 Å². The minimum Gasteiger partial charge on any atom is -0.500 e. The van der Waals surface area contributed by atoms with Crippen LogP contribution in [-0.2, 0) is 9.47 Å². The number of ether oxygens (including phenoxy) is 3. The van der Waals surface area contributed by atoms with Crippen molar-refractivity contribution in [1.82, 2.24) is 0 Å². The first-order valence-electron chi connectivity index (χ1n) is 10.1. The van der Waals surface area contributed by atoms with Crippen LogP contribution in [0.1, 0.15) is 11.9 Å². The minimum atomic E-state index is -1.11. The van der Waals surface area contributed by atoms with Crippen molar-refractivity contribution in [3.05, 3.63) is 90.3 Å². The summed E-state index contributed by atoms with van der Waals surface area (Å²) in [4.78, 5) is 0. The number of rotatable bonds is 6. The average molecular weight is 436 g/mol. The lowest BCUT2D eigenvalue weighted by Gasteiger charge is -2.28. The van der Waals surface area contributed by atoms with Crippen LogP contribution in [0, 0.1) is 23.4 Å². The van der Waals surface area contributed by atoms with Crippen molar-refractivity contribution in [3.8, 4) is 28.0 Å². The molecule has 162 valence electrons. The molecule has 0 unspecified atom stereocenters. The van der Waals surface area contributed by atoms with E-state index in [2.05, 4.69) is 6.58 Å². The van der Waals surface area contributed by atoms with Crippen molar-refractivity contribution in [2.45, 2.75) is 6.29 Å². The lowest BCUT2D eigenvalue weighted by molar-refractivity contribution is -0.197. The third-order valence-electron chi connectivity index (χ3n) is 5.31. The number of halogens is 3. The molecule has 1 aliphatic rings. The van der Waals surface area contributed by atoms with Gasteiger partial charge in [0.2, 0.25) is 5.82 Å².